The van der Waals surface area contributed by atoms with Crippen LogP contribution in [0.4, 0.5) is 0 Å². The van der Waals surface area contributed by atoms with Crippen LogP contribution in [0.25, 0.3) is 0 Å². The van der Waals surface area contributed by atoms with Gasteiger partial charge in [-0.15, -0.1) is 0 Å². The van der Waals surface area contributed by atoms with Crippen LogP contribution in [-0.4, -0.2) is 26.4 Å². The molecule has 6 heteroatoms. The number of methoxy groups -OCH3 is 1. The molecule has 0 aliphatic rings. The SMILES string of the molecule is CCOP(=O)(OCC)C(NC(C)C)c1ccc(OC)cc1. The lowest BCUT2D eigenvalue weighted by Gasteiger charge is -2.29. The molecule has 0 radical (unpaired) electrons. The second-order valence-electron chi connectivity index (χ2n) is 4.87. The third-order valence-corrected chi connectivity index (χ3v) is 5.17. The molecule has 0 saturated carbocycles. The highest BCUT2D eigenvalue weighted by Crippen LogP contribution is 2.59. The Hall–Kier alpha value is -0.870. The van der Waals surface area contributed by atoms with E-state index in [9.17, 15) is 4.57 Å². The molecule has 0 aliphatic heterocycles. The quantitative estimate of drug-likeness (QED) is 0.699. The molecular weight excluding hydrogens is 289 g/mol. The Balaban J connectivity index is 3.15. The minimum absolute atomic E-state index is 0.145. The number of benzene rings is 1. The maximum atomic E-state index is 13.1. The summed E-state index contributed by atoms with van der Waals surface area (Å²) in [5.74, 6) is 0.257. The molecule has 0 aromatic heterocycles. The molecule has 1 N–H and O–H groups in total. The molecule has 5 nitrogen and oxygen atoms in total. The first kappa shape index (κ1) is 18.2. The zero-order chi connectivity index (χ0) is 15.9. The highest BCUT2D eigenvalue weighted by Gasteiger charge is 2.37. The van der Waals surface area contributed by atoms with Gasteiger partial charge in [-0.2, -0.15) is 0 Å². The molecule has 0 heterocycles. The number of nitrogens with one attached hydrogen (secondary N) is 1. The van der Waals surface area contributed by atoms with Crippen molar-refractivity contribution in [2.45, 2.75) is 39.5 Å². The van der Waals surface area contributed by atoms with Crippen molar-refractivity contribution >= 4 is 7.60 Å². The molecule has 0 aliphatic carbocycles. The third-order valence-electron chi connectivity index (χ3n) is 2.86. The summed E-state index contributed by atoms with van der Waals surface area (Å²) in [6.45, 7) is 8.29. The topological polar surface area (TPSA) is 56.8 Å². The second kappa shape index (κ2) is 8.54. The average molecular weight is 315 g/mol. The molecule has 0 saturated heterocycles. The summed E-state index contributed by atoms with van der Waals surface area (Å²) < 4.78 is 29.2. The zero-order valence-electron chi connectivity index (χ0n) is 13.5. The van der Waals surface area contributed by atoms with E-state index in [1.54, 1.807) is 7.11 Å². The summed E-state index contributed by atoms with van der Waals surface area (Å²) in [5.41, 5.74) is 0.856. The van der Waals surface area contributed by atoms with Crippen LogP contribution in [0.2, 0.25) is 0 Å². The van der Waals surface area contributed by atoms with Gasteiger partial charge in [0.25, 0.3) is 0 Å². The van der Waals surface area contributed by atoms with E-state index in [1.807, 2.05) is 52.0 Å². The van der Waals surface area contributed by atoms with Gasteiger partial charge in [-0.05, 0) is 45.4 Å². The number of hydrogen-bond acceptors (Lipinski definition) is 5. The van der Waals surface area contributed by atoms with Gasteiger partial charge in [0, 0.05) is 6.04 Å². The van der Waals surface area contributed by atoms with Gasteiger partial charge >= 0.3 is 7.60 Å². The Morgan fingerprint density at radius 3 is 2.00 bits per heavy atom. The Morgan fingerprint density at radius 2 is 1.62 bits per heavy atom. The minimum Gasteiger partial charge on any atom is -0.497 e. The van der Waals surface area contributed by atoms with E-state index in [1.165, 1.54) is 0 Å². The molecule has 0 bridgehead atoms. The molecule has 120 valence electrons. The smallest absolute Gasteiger partial charge is 0.351 e. The molecule has 1 aromatic rings. The van der Waals surface area contributed by atoms with E-state index in [0.717, 1.165) is 11.3 Å². The predicted molar refractivity (Wildman–Crippen MR) is 84.9 cm³/mol. The van der Waals surface area contributed by atoms with Gasteiger partial charge < -0.3 is 13.8 Å². The van der Waals surface area contributed by atoms with Gasteiger partial charge in [-0.25, -0.2) is 0 Å². The summed E-state index contributed by atoms with van der Waals surface area (Å²) in [6.07, 6.45) is 0. The van der Waals surface area contributed by atoms with E-state index >= 15 is 0 Å². The molecule has 1 unspecified atom stereocenters. The first-order valence-corrected chi connectivity index (χ1v) is 8.86. The average Bonchev–Trinajstić information content (AvgIpc) is 2.45. The maximum absolute atomic E-state index is 13.1. The largest absolute Gasteiger partial charge is 0.497 e. The summed E-state index contributed by atoms with van der Waals surface area (Å²) >= 11 is 0. The van der Waals surface area contributed by atoms with Gasteiger partial charge in [0.2, 0.25) is 0 Å². The summed E-state index contributed by atoms with van der Waals surface area (Å²) in [4.78, 5) is 0. The van der Waals surface area contributed by atoms with Crippen molar-refractivity contribution in [1.82, 2.24) is 5.32 Å². The van der Waals surface area contributed by atoms with Crippen LogP contribution in [0, 0.1) is 0 Å². The van der Waals surface area contributed by atoms with Crippen molar-refractivity contribution in [2.75, 3.05) is 20.3 Å². The number of ether oxygens (including phenoxy) is 1. The van der Waals surface area contributed by atoms with Gasteiger partial charge in [-0.1, -0.05) is 12.1 Å². The Labute approximate surface area is 127 Å². The lowest BCUT2D eigenvalue weighted by molar-refractivity contribution is 0.206. The van der Waals surface area contributed by atoms with Crippen molar-refractivity contribution in [3.63, 3.8) is 0 Å². The second-order valence-corrected chi connectivity index (χ2v) is 6.98. The molecule has 21 heavy (non-hydrogen) atoms. The number of hydrogen-bond donors (Lipinski definition) is 1. The van der Waals surface area contributed by atoms with Crippen LogP contribution >= 0.6 is 7.60 Å². The van der Waals surface area contributed by atoms with E-state index in [0.29, 0.717) is 13.2 Å². The van der Waals surface area contributed by atoms with Crippen molar-refractivity contribution in [1.29, 1.82) is 0 Å². The predicted octanol–water partition coefficient (Wildman–Crippen LogP) is 3.96. The Kier molecular flexibility index (Phi) is 7.40. The normalized spacial score (nSPS) is 13.4. The van der Waals surface area contributed by atoms with Crippen molar-refractivity contribution in [2.24, 2.45) is 0 Å². The summed E-state index contributed by atoms with van der Waals surface area (Å²) in [7, 11) is -1.67. The Morgan fingerprint density at radius 1 is 1.10 bits per heavy atom. The lowest BCUT2D eigenvalue weighted by atomic mass is 10.2. The molecule has 1 atom stereocenters. The highest BCUT2D eigenvalue weighted by atomic mass is 31.2. The van der Waals surface area contributed by atoms with E-state index in [2.05, 4.69) is 5.32 Å². The molecule has 1 aromatic carbocycles. The monoisotopic (exact) mass is 315 g/mol. The fraction of sp³-hybridized carbons (Fsp3) is 0.600. The van der Waals surface area contributed by atoms with Gasteiger partial charge in [0.05, 0.1) is 20.3 Å². The molecular formula is C15H26NO4P. The molecule has 0 amide bonds. The van der Waals surface area contributed by atoms with Gasteiger partial charge in [0.15, 0.2) is 0 Å². The lowest BCUT2D eigenvalue weighted by Crippen LogP contribution is -2.29. The molecule has 0 spiro atoms. The fourth-order valence-corrected chi connectivity index (χ4v) is 4.13. The fourth-order valence-electron chi connectivity index (χ4n) is 2.02. The van der Waals surface area contributed by atoms with Crippen molar-refractivity contribution < 1.29 is 18.3 Å². The first-order valence-electron chi connectivity index (χ1n) is 7.25. The van der Waals surface area contributed by atoms with Crippen molar-refractivity contribution in [3.8, 4) is 5.75 Å². The van der Waals surface area contributed by atoms with E-state index in [4.69, 9.17) is 13.8 Å². The van der Waals surface area contributed by atoms with Crippen molar-refractivity contribution in [3.05, 3.63) is 29.8 Å². The standard InChI is InChI=1S/C15H26NO4P/c1-6-19-21(17,20-7-2)15(16-12(3)4)13-8-10-14(18-5)11-9-13/h8-12,15-16H,6-7H2,1-5H3. The highest BCUT2D eigenvalue weighted by molar-refractivity contribution is 7.54. The first-order chi connectivity index (χ1) is 9.96. The van der Waals surface area contributed by atoms with Crippen LogP contribution < -0.4 is 10.1 Å². The van der Waals surface area contributed by atoms with Crippen LogP contribution in [0.5, 0.6) is 5.75 Å². The van der Waals surface area contributed by atoms with Crippen LogP contribution in [0.15, 0.2) is 24.3 Å². The minimum atomic E-state index is -3.28. The third kappa shape index (κ3) is 5.11. The Bertz CT molecular complexity index is 451. The van der Waals surface area contributed by atoms with Crippen LogP contribution in [-0.2, 0) is 13.6 Å². The maximum Gasteiger partial charge on any atom is 0.351 e. The number of rotatable bonds is 9. The van der Waals surface area contributed by atoms with E-state index < -0.39 is 13.4 Å². The summed E-state index contributed by atoms with van der Waals surface area (Å²) in [5, 5.41) is 3.29. The van der Waals surface area contributed by atoms with Gasteiger partial charge in [-0.3, -0.25) is 9.88 Å². The molecule has 0 fully saturated rings. The molecule has 1 rings (SSSR count). The van der Waals surface area contributed by atoms with Crippen LogP contribution in [0.1, 0.15) is 39.0 Å². The zero-order valence-corrected chi connectivity index (χ0v) is 14.4. The van der Waals surface area contributed by atoms with Gasteiger partial charge in [0.1, 0.15) is 11.5 Å². The van der Waals surface area contributed by atoms with Crippen LogP contribution in [0.3, 0.4) is 0 Å². The summed E-state index contributed by atoms with van der Waals surface area (Å²) in [6, 6.07) is 7.58. The van der Waals surface area contributed by atoms with E-state index in [-0.39, 0.29) is 6.04 Å².